The summed E-state index contributed by atoms with van der Waals surface area (Å²) >= 11 is 0. The Morgan fingerprint density at radius 1 is 1.03 bits per heavy atom. The van der Waals surface area contributed by atoms with Gasteiger partial charge < -0.3 is 18.6 Å². The van der Waals surface area contributed by atoms with Gasteiger partial charge in [0, 0.05) is 10.9 Å². The molecule has 3 aromatic carbocycles. The normalized spacial score (nSPS) is 13.7. The van der Waals surface area contributed by atoms with Crippen molar-refractivity contribution in [1.82, 2.24) is 0 Å². The van der Waals surface area contributed by atoms with Gasteiger partial charge in [0.25, 0.3) is 0 Å². The fourth-order valence-electron chi connectivity index (χ4n) is 3.93. The van der Waals surface area contributed by atoms with Crippen molar-refractivity contribution in [3.63, 3.8) is 0 Å². The third-order valence-corrected chi connectivity index (χ3v) is 5.85. The number of hydrogen-bond donors (Lipinski definition) is 0. The van der Waals surface area contributed by atoms with E-state index < -0.39 is 5.97 Å². The first-order valence-electron chi connectivity index (χ1n) is 10.9. The van der Waals surface area contributed by atoms with E-state index in [0.29, 0.717) is 28.2 Å². The van der Waals surface area contributed by atoms with Crippen molar-refractivity contribution in [2.75, 3.05) is 7.11 Å². The van der Waals surface area contributed by atoms with Crippen molar-refractivity contribution in [3.8, 4) is 17.2 Å². The summed E-state index contributed by atoms with van der Waals surface area (Å²) in [4.78, 5) is 25.6. The quantitative estimate of drug-likeness (QED) is 0.205. The number of benzene rings is 3. The monoisotopic (exact) mass is 454 g/mol. The predicted molar refractivity (Wildman–Crippen MR) is 128 cm³/mol. The summed E-state index contributed by atoms with van der Waals surface area (Å²) in [6.45, 7) is 3.83. The van der Waals surface area contributed by atoms with Gasteiger partial charge in [0.1, 0.15) is 11.5 Å². The molecule has 4 aromatic rings. The highest BCUT2D eigenvalue weighted by molar-refractivity contribution is 6.15. The molecule has 1 aliphatic rings. The number of carbonyl (C=O) groups excluding carboxylic acids is 2. The van der Waals surface area contributed by atoms with Crippen LogP contribution in [0.1, 0.15) is 44.5 Å². The SMILES string of the molecule is CCc1ccc(/C=C2\Oc3c(ccc(OC(=O)c4cc5cccc(OC)c5o4)c3C)C2=O)cc1. The smallest absolute Gasteiger partial charge is 0.379 e. The molecule has 0 saturated carbocycles. The average molecular weight is 454 g/mol. The van der Waals surface area contributed by atoms with Gasteiger partial charge in [-0.05, 0) is 54.8 Å². The van der Waals surface area contributed by atoms with Crippen LogP contribution in [0.3, 0.4) is 0 Å². The summed E-state index contributed by atoms with van der Waals surface area (Å²) < 4.78 is 22.4. The molecule has 0 amide bonds. The zero-order valence-corrected chi connectivity index (χ0v) is 19.0. The summed E-state index contributed by atoms with van der Waals surface area (Å²) in [5, 5.41) is 0.729. The molecule has 0 aliphatic carbocycles. The summed E-state index contributed by atoms with van der Waals surface area (Å²) in [7, 11) is 1.54. The number of ketones is 1. The number of rotatable bonds is 5. The molecule has 6 nitrogen and oxygen atoms in total. The van der Waals surface area contributed by atoms with Crippen LogP contribution in [0, 0.1) is 6.92 Å². The Morgan fingerprint density at radius 3 is 2.56 bits per heavy atom. The van der Waals surface area contributed by atoms with Crippen LogP contribution in [0.4, 0.5) is 0 Å². The first-order valence-corrected chi connectivity index (χ1v) is 10.9. The Bertz CT molecular complexity index is 1460. The number of fused-ring (bicyclic) bond motifs is 2. The van der Waals surface area contributed by atoms with E-state index in [4.69, 9.17) is 18.6 Å². The van der Waals surface area contributed by atoms with E-state index in [1.807, 2.05) is 36.4 Å². The maximum Gasteiger partial charge on any atom is 0.379 e. The highest BCUT2D eigenvalue weighted by atomic mass is 16.6. The molecule has 0 spiro atoms. The Labute approximate surface area is 196 Å². The number of hydrogen-bond acceptors (Lipinski definition) is 6. The van der Waals surface area contributed by atoms with Gasteiger partial charge >= 0.3 is 5.97 Å². The largest absolute Gasteiger partial charge is 0.493 e. The van der Waals surface area contributed by atoms with Crippen molar-refractivity contribution in [2.45, 2.75) is 20.3 Å². The van der Waals surface area contributed by atoms with Gasteiger partial charge in [0.2, 0.25) is 11.5 Å². The molecular weight excluding hydrogens is 432 g/mol. The van der Waals surface area contributed by atoms with Gasteiger partial charge in [-0.2, -0.15) is 0 Å². The van der Waals surface area contributed by atoms with Crippen LogP contribution in [-0.2, 0) is 6.42 Å². The molecule has 0 fully saturated rings. The lowest BCUT2D eigenvalue weighted by molar-refractivity contribution is 0.0702. The number of carbonyl (C=O) groups is 2. The zero-order chi connectivity index (χ0) is 23.8. The third-order valence-electron chi connectivity index (χ3n) is 5.85. The van der Waals surface area contributed by atoms with Crippen molar-refractivity contribution in [1.29, 1.82) is 0 Å². The van der Waals surface area contributed by atoms with E-state index in [0.717, 1.165) is 17.4 Å². The fourth-order valence-corrected chi connectivity index (χ4v) is 3.93. The van der Waals surface area contributed by atoms with Crippen molar-refractivity contribution in [2.24, 2.45) is 0 Å². The first kappa shape index (κ1) is 21.5. The Kier molecular flexibility index (Phi) is 5.42. The average Bonchev–Trinajstić information content (AvgIpc) is 3.43. The van der Waals surface area contributed by atoms with Gasteiger partial charge in [-0.3, -0.25) is 4.79 Å². The van der Waals surface area contributed by atoms with E-state index in [2.05, 4.69) is 6.92 Å². The molecule has 170 valence electrons. The molecule has 6 heteroatoms. The van der Waals surface area contributed by atoms with Gasteiger partial charge in [-0.15, -0.1) is 0 Å². The molecular formula is C28H22O6. The molecule has 1 aliphatic heterocycles. The van der Waals surface area contributed by atoms with E-state index >= 15 is 0 Å². The van der Waals surface area contributed by atoms with Crippen LogP contribution in [0.15, 0.2) is 70.8 Å². The summed E-state index contributed by atoms with van der Waals surface area (Å²) in [5.41, 5.74) is 3.55. The molecule has 0 saturated heterocycles. The predicted octanol–water partition coefficient (Wildman–Crippen LogP) is 6.15. The number of ether oxygens (including phenoxy) is 3. The van der Waals surface area contributed by atoms with Crippen molar-refractivity contribution in [3.05, 3.63) is 94.4 Å². The number of Topliss-reactive ketones (excluding diaryl/α,β-unsaturated/α-hetero) is 1. The van der Waals surface area contributed by atoms with E-state index in [1.165, 1.54) is 12.7 Å². The minimum Gasteiger partial charge on any atom is -0.493 e. The van der Waals surface area contributed by atoms with Crippen LogP contribution in [-0.4, -0.2) is 18.9 Å². The van der Waals surface area contributed by atoms with Crippen LogP contribution in [0.2, 0.25) is 0 Å². The minimum absolute atomic E-state index is 0.0486. The highest BCUT2D eigenvalue weighted by Crippen LogP contribution is 2.39. The minimum atomic E-state index is -0.655. The number of esters is 1. The van der Waals surface area contributed by atoms with Crippen molar-refractivity contribution < 1.29 is 28.2 Å². The van der Waals surface area contributed by atoms with E-state index in [-0.39, 0.29) is 23.1 Å². The first-order chi connectivity index (χ1) is 16.5. The maximum atomic E-state index is 12.9. The topological polar surface area (TPSA) is 75.0 Å². The summed E-state index contributed by atoms with van der Waals surface area (Å²) in [6, 6.07) is 18.1. The zero-order valence-electron chi connectivity index (χ0n) is 19.0. The van der Waals surface area contributed by atoms with Gasteiger partial charge in [-0.25, -0.2) is 4.79 Å². The lowest BCUT2D eigenvalue weighted by Gasteiger charge is -2.09. The molecule has 2 heterocycles. The standard InChI is InChI=1S/C28H22O6/c1-4-17-8-10-18(11-9-17)14-23-25(29)20-12-13-21(16(2)26(20)32-23)34-28(30)24-15-19-6-5-7-22(31-3)27(19)33-24/h5-15H,4H2,1-3H3/b23-14-. The van der Waals surface area contributed by atoms with Crippen LogP contribution in [0.25, 0.3) is 17.0 Å². The molecule has 5 rings (SSSR count). The lowest BCUT2D eigenvalue weighted by atomic mass is 10.0. The molecule has 1 aromatic heterocycles. The second-order valence-electron chi connectivity index (χ2n) is 7.98. The molecule has 34 heavy (non-hydrogen) atoms. The van der Waals surface area contributed by atoms with Gasteiger partial charge in [0.15, 0.2) is 17.1 Å². The summed E-state index contributed by atoms with van der Waals surface area (Å²) in [6.07, 6.45) is 2.66. The van der Waals surface area contributed by atoms with Crippen molar-refractivity contribution >= 4 is 28.8 Å². The second kappa shape index (κ2) is 8.56. The number of aryl methyl sites for hydroxylation is 1. The molecule has 0 atom stereocenters. The number of para-hydroxylation sites is 1. The molecule has 0 N–H and O–H groups in total. The molecule has 0 bridgehead atoms. The van der Waals surface area contributed by atoms with E-state index in [9.17, 15) is 9.59 Å². The Balaban J connectivity index is 1.40. The van der Waals surface area contributed by atoms with Crippen LogP contribution in [0.5, 0.6) is 17.2 Å². The fraction of sp³-hybridized carbons (Fsp3) is 0.143. The van der Waals surface area contributed by atoms with Gasteiger partial charge in [-0.1, -0.05) is 43.3 Å². The van der Waals surface area contributed by atoms with Crippen LogP contribution < -0.4 is 14.2 Å². The third kappa shape index (κ3) is 3.73. The number of allylic oxidation sites excluding steroid dienone is 1. The van der Waals surface area contributed by atoms with Gasteiger partial charge in [0.05, 0.1) is 12.7 Å². The maximum absolute atomic E-state index is 12.9. The lowest BCUT2D eigenvalue weighted by Crippen LogP contribution is -2.08. The Morgan fingerprint density at radius 2 is 1.82 bits per heavy atom. The molecule has 0 radical (unpaired) electrons. The second-order valence-corrected chi connectivity index (χ2v) is 7.98. The summed E-state index contributed by atoms with van der Waals surface area (Å²) in [5.74, 6) is 0.622. The van der Waals surface area contributed by atoms with E-state index in [1.54, 1.807) is 37.3 Å². The number of furan rings is 1. The number of methoxy groups -OCH3 is 1. The highest BCUT2D eigenvalue weighted by Gasteiger charge is 2.31. The van der Waals surface area contributed by atoms with Crippen LogP contribution >= 0.6 is 0 Å². The molecule has 0 unspecified atom stereocenters. The Hall–Kier alpha value is -4.32.